The maximum Gasteiger partial charge on any atom is 0.358 e. The molecule has 1 heterocycles. The molecule has 1 aromatic heterocycles. The first kappa shape index (κ1) is 36.8. The monoisotopic (exact) mass is 714 g/mol. The van der Waals surface area contributed by atoms with Gasteiger partial charge in [0.15, 0.2) is 22.3 Å². The Morgan fingerprint density at radius 2 is 1.71 bits per heavy atom. The molecule has 0 fully saturated rings. The molecule has 3 N–H and O–H groups in total. The van der Waals surface area contributed by atoms with E-state index in [0.717, 1.165) is 28.0 Å². The number of aromatic nitrogens is 1. The second-order valence-electron chi connectivity index (χ2n) is 12.1. The molecule has 3 atom stereocenters. The molecule has 0 bridgehead atoms. The Labute approximate surface area is 300 Å². The third-order valence-electron chi connectivity index (χ3n) is 8.99. The second kappa shape index (κ2) is 16.1. The SMILES string of the molecule is CC[C@H](C)[C@@H](Nc1ccc2c(cc1=O)[C@H](NC(C)=O)CCc1cc(OC)c(OC)c(OC)c1-2)C(=O)Nc1nc(C(=O)OC)c(-c2ccccc2)s1. The molecule has 0 unspecified atom stereocenters. The van der Waals surface area contributed by atoms with Gasteiger partial charge in [0.2, 0.25) is 23.0 Å². The van der Waals surface area contributed by atoms with Crippen molar-refractivity contribution in [3.8, 4) is 38.8 Å². The van der Waals surface area contributed by atoms with Crippen molar-refractivity contribution in [1.29, 1.82) is 0 Å². The van der Waals surface area contributed by atoms with Crippen LogP contribution >= 0.6 is 11.3 Å². The fraction of sp³-hybridized carbons (Fsp3) is 0.342. The Balaban J connectivity index is 1.57. The van der Waals surface area contributed by atoms with Crippen LogP contribution in [0.25, 0.3) is 21.6 Å². The van der Waals surface area contributed by atoms with E-state index in [1.54, 1.807) is 19.2 Å². The first-order valence-corrected chi connectivity index (χ1v) is 17.4. The van der Waals surface area contributed by atoms with Gasteiger partial charge in [-0.1, -0.05) is 68.0 Å². The number of rotatable bonds is 12. The van der Waals surface area contributed by atoms with Crippen molar-refractivity contribution < 1.29 is 33.3 Å². The summed E-state index contributed by atoms with van der Waals surface area (Å²) in [7, 11) is 5.89. The highest BCUT2D eigenvalue weighted by Crippen LogP contribution is 2.50. The number of carbonyl (C=O) groups is 3. The van der Waals surface area contributed by atoms with Gasteiger partial charge in [-0.2, -0.15) is 0 Å². The number of amides is 2. The van der Waals surface area contributed by atoms with E-state index in [-0.39, 0.29) is 33.8 Å². The Hall–Kier alpha value is -5.43. The van der Waals surface area contributed by atoms with Crippen LogP contribution in [0.15, 0.2) is 59.4 Å². The molecule has 0 radical (unpaired) electrons. The van der Waals surface area contributed by atoms with E-state index in [0.29, 0.717) is 52.5 Å². The van der Waals surface area contributed by atoms with Crippen LogP contribution in [0.5, 0.6) is 17.2 Å². The van der Waals surface area contributed by atoms with Gasteiger partial charge >= 0.3 is 5.97 Å². The largest absolute Gasteiger partial charge is 0.493 e. The third kappa shape index (κ3) is 7.68. The van der Waals surface area contributed by atoms with Crippen molar-refractivity contribution in [2.75, 3.05) is 39.1 Å². The predicted octanol–water partition coefficient (Wildman–Crippen LogP) is 6.24. The van der Waals surface area contributed by atoms with Crippen molar-refractivity contribution in [3.05, 3.63) is 81.6 Å². The van der Waals surface area contributed by atoms with Crippen LogP contribution < -0.4 is 35.6 Å². The molecule has 5 rings (SSSR count). The number of carbonyl (C=O) groups excluding carboxylic acids is 3. The van der Waals surface area contributed by atoms with Crippen LogP contribution in [0.2, 0.25) is 0 Å². The van der Waals surface area contributed by atoms with Crippen molar-refractivity contribution in [3.63, 3.8) is 0 Å². The molecule has 2 amide bonds. The van der Waals surface area contributed by atoms with E-state index in [1.807, 2.05) is 50.2 Å². The lowest BCUT2D eigenvalue weighted by atomic mass is 9.95. The summed E-state index contributed by atoms with van der Waals surface area (Å²) in [6.07, 6.45) is 1.69. The molecular weight excluding hydrogens is 673 g/mol. The van der Waals surface area contributed by atoms with Crippen LogP contribution in [-0.2, 0) is 20.7 Å². The number of benzene rings is 2. The maximum atomic E-state index is 14.0. The molecule has 12 nitrogen and oxygen atoms in total. The first-order valence-electron chi connectivity index (χ1n) is 16.5. The number of nitrogens with zero attached hydrogens (tertiary/aromatic N) is 1. The van der Waals surface area contributed by atoms with Gasteiger partial charge in [-0.15, -0.1) is 0 Å². The van der Waals surface area contributed by atoms with Crippen LogP contribution in [0.3, 0.4) is 0 Å². The topological polar surface area (TPSA) is 154 Å². The molecule has 1 aliphatic carbocycles. The highest BCUT2D eigenvalue weighted by Gasteiger charge is 2.31. The normalized spacial score (nSPS) is 14.5. The second-order valence-corrected chi connectivity index (χ2v) is 13.1. The Morgan fingerprint density at radius 1 is 0.980 bits per heavy atom. The highest BCUT2D eigenvalue weighted by atomic mass is 32.1. The number of hydrogen-bond acceptors (Lipinski definition) is 11. The number of ether oxygens (including phenoxy) is 4. The quantitative estimate of drug-likeness (QED) is 0.144. The molecule has 0 saturated carbocycles. The molecule has 1 aliphatic rings. The molecule has 13 heteroatoms. The summed E-state index contributed by atoms with van der Waals surface area (Å²) in [6, 6.07) is 14.7. The summed E-state index contributed by atoms with van der Waals surface area (Å²) in [5.74, 6) is -0.174. The fourth-order valence-electron chi connectivity index (χ4n) is 6.27. The maximum absolute atomic E-state index is 14.0. The average Bonchev–Trinajstić information content (AvgIpc) is 3.42. The minimum absolute atomic E-state index is 0.0918. The van der Waals surface area contributed by atoms with Crippen molar-refractivity contribution in [2.24, 2.45) is 5.92 Å². The summed E-state index contributed by atoms with van der Waals surface area (Å²) >= 11 is 1.16. The fourth-order valence-corrected chi connectivity index (χ4v) is 7.23. The Bertz CT molecular complexity index is 2000. The first-order chi connectivity index (χ1) is 24.5. The van der Waals surface area contributed by atoms with Crippen molar-refractivity contribution in [2.45, 2.75) is 52.1 Å². The van der Waals surface area contributed by atoms with Gasteiger partial charge in [0.05, 0.1) is 45.0 Å². The van der Waals surface area contributed by atoms with Gasteiger partial charge < -0.3 is 34.9 Å². The van der Waals surface area contributed by atoms with Crippen LogP contribution in [0.1, 0.15) is 61.3 Å². The van der Waals surface area contributed by atoms with E-state index in [1.165, 1.54) is 34.3 Å². The summed E-state index contributed by atoms with van der Waals surface area (Å²) in [6.45, 7) is 5.30. The summed E-state index contributed by atoms with van der Waals surface area (Å²) in [4.78, 5) is 57.9. The zero-order chi connectivity index (χ0) is 36.8. The number of methoxy groups -OCH3 is 4. The molecule has 268 valence electrons. The van der Waals surface area contributed by atoms with Gasteiger partial charge in [-0.3, -0.25) is 14.4 Å². The molecule has 51 heavy (non-hydrogen) atoms. The molecule has 0 saturated heterocycles. The van der Waals surface area contributed by atoms with Crippen molar-refractivity contribution in [1.82, 2.24) is 10.3 Å². The van der Waals surface area contributed by atoms with E-state index in [9.17, 15) is 19.2 Å². The van der Waals surface area contributed by atoms with E-state index < -0.39 is 24.0 Å². The lowest BCUT2D eigenvalue weighted by molar-refractivity contribution is -0.120. The summed E-state index contributed by atoms with van der Waals surface area (Å²) < 4.78 is 22.2. The minimum atomic E-state index is -0.854. The Kier molecular flexibility index (Phi) is 11.6. The summed E-state index contributed by atoms with van der Waals surface area (Å²) in [5, 5.41) is 9.30. The zero-order valence-electron chi connectivity index (χ0n) is 29.7. The molecule has 0 aliphatic heterocycles. The molecule has 0 spiro atoms. The molecular formula is C38H42N4O8S. The van der Waals surface area contributed by atoms with Gasteiger partial charge in [0.1, 0.15) is 6.04 Å². The van der Waals surface area contributed by atoms with Crippen LogP contribution in [0, 0.1) is 5.92 Å². The van der Waals surface area contributed by atoms with E-state index >= 15 is 0 Å². The van der Waals surface area contributed by atoms with E-state index in [2.05, 4.69) is 20.9 Å². The zero-order valence-corrected chi connectivity index (χ0v) is 30.5. The number of aryl methyl sites for hydroxylation is 1. The van der Waals surface area contributed by atoms with Crippen LogP contribution in [-0.4, -0.2) is 57.2 Å². The Morgan fingerprint density at radius 3 is 2.33 bits per heavy atom. The number of fused-ring (bicyclic) bond motifs is 3. The average molecular weight is 715 g/mol. The van der Waals surface area contributed by atoms with E-state index in [4.69, 9.17) is 18.9 Å². The minimum Gasteiger partial charge on any atom is -0.493 e. The predicted molar refractivity (Wildman–Crippen MR) is 197 cm³/mol. The smallest absolute Gasteiger partial charge is 0.358 e. The standard InChI is InChI=1S/C38H42N4O8S/c1-8-20(2)31(36(45)42-38-41-32(37(46)50-7)35(51-38)22-12-10-9-11-13-22)40-27-17-15-24-25(19-28(27)44)26(39-21(3)43)16-14-23-18-29(47-4)33(48-5)34(49-6)30(23)24/h9-13,15,17-20,26,31H,8,14,16H2,1-7H3,(H,39,43)(H,40,44)(H,41,42,45)/t20-,26+,31+/m0/s1. The van der Waals surface area contributed by atoms with Gasteiger partial charge in [0, 0.05) is 12.5 Å². The number of thiazole rings is 1. The highest BCUT2D eigenvalue weighted by molar-refractivity contribution is 7.19. The van der Waals surface area contributed by atoms with Crippen molar-refractivity contribution >= 4 is 39.9 Å². The third-order valence-corrected chi connectivity index (χ3v) is 10.0. The summed E-state index contributed by atoms with van der Waals surface area (Å²) in [5.41, 5.74) is 3.54. The lowest BCUT2D eigenvalue weighted by Crippen LogP contribution is -2.40. The number of esters is 1. The number of nitrogens with one attached hydrogen (secondary N) is 3. The molecule has 4 aromatic rings. The van der Waals surface area contributed by atoms with Gasteiger partial charge in [0.25, 0.3) is 0 Å². The van der Waals surface area contributed by atoms with Gasteiger partial charge in [-0.25, -0.2) is 9.78 Å². The van der Waals surface area contributed by atoms with Crippen LogP contribution in [0.4, 0.5) is 10.8 Å². The number of anilines is 2. The van der Waals surface area contributed by atoms with Gasteiger partial charge in [-0.05, 0) is 59.2 Å². The lowest BCUT2D eigenvalue weighted by Gasteiger charge is -2.23. The number of hydrogen-bond donors (Lipinski definition) is 3. The molecule has 3 aromatic carbocycles.